The summed E-state index contributed by atoms with van der Waals surface area (Å²) < 4.78 is 6.79. The average Bonchev–Trinajstić information content (AvgIpc) is 3.83. The Hall–Kier alpha value is -9.24. The van der Waals surface area contributed by atoms with Gasteiger partial charge in [-0.15, -0.1) is 0 Å². The summed E-state index contributed by atoms with van der Waals surface area (Å²) in [5.74, 6) is 0. The first-order valence-electron chi connectivity index (χ1n) is 24.1. The summed E-state index contributed by atoms with van der Waals surface area (Å²) in [5.41, 5.74) is 14.2. The Morgan fingerprint density at radius 1 is 0.257 bits per heavy atom. The van der Waals surface area contributed by atoms with Crippen LogP contribution in [0, 0.1) is 0 Å². The fraction of sp³-hybridized carbons (Fsp3) is 0. The molecule has 1 aromatic heterocycles. The lowest BCUT2D eigenvalue weighted by Crippen LogP contribution is -2.13. The van der Waals surface area contributed by atoms with Crippen LogP contribution in [0.3, 0.4) is 0 Å². The second-order valence-corrected chi connectivity index (χ2v) is 18.4. The second kappa shape index (κ2) is 16.2. The van der Waals surface area contributed by atoms with Gasteiger partial charge in [0.2, 0.25) is 0 Å². The molecule has 1 heterocycles. The van der Waals surface area contributed by atoms with E-state index in [2.05, 4.69) is 266 Å². The van der Waals surface area contributed by atoms with Crippen LogP contribution in [0.5, 0.6) is 0 Å². The zero-order chi connectivity index (χ0) is 46.1. The molecule has 2 heteroatoms. The first kappa shape index (κ1) is 39.9. The number of anilines is 3. The van der Waals surface area contributed by atoms with E-state index in [1.165, 1.54) is 54.2 Å². The number of benzene rings is 13. The van der Waals surface area contributed by atoms with Crippen molar-refractivity contribution < 1.29 is 4.42 Å². The molecule has 0 amide bonds. The second-order valence-electron chi connectivity index (χ2n) is 18.4. The van der Waals surface area contributed by atoms with Gasteiger partial charge in [0.25, 0.3) is 0 Å². The van der Waals surface area contributed by atoms with Crippen molar-refractivity contribution in [1.82, 2.24) is 0 Å². The molecule has 0 atom stereocenters. The highest BCUT2D eigenvalue weighted by molar-refractivity contribution is 6.20. The van der Waals surface area contributed by atoms with Crippen LogP contribution in [0.15, 0.2) is 265 Å². The predicted molar refractivity (Wildman–Crippen MR) is 298 cm³/mol. The Morgan fingerprint density at radius 3 is 1.63 bits per heavy atom. The van der Waals surface area contributed by atoms with Gasteiger partial charge in [-0.3, -0.25) is 0 Å². The minimum Gasteiger partial charge on any atom is -0.455 e. The molecule has 0 radical (unpaired) electrons. The monoisotopic (exact) mass is 889 g/mol. The molecule has 0 unspecified atom stereocenters. The topological polar surface area (TPSA) is 16.4 Å². The molecule has 0 spiro atoms. The lowest BCUT2D eigenvalue weighted by atomic mass is 9.91. The number of fused-ring (bicyclic) bond motifs is 11. The van der Waals surface area contributed by atoms with Crippen molar-refractivity contribution in [2.45, 2.75) is 0 Å². The van der Waals surface area contributed by atoms with Gasteiger partial charge in [-0.2, -0.15) is 0 Å². The molecular formula is C68H43NO. The molecule has 0 aliphatic carbocycles. The molecule has 0 saturated heterocycles. The molecule has 14 rings (SSSR count). The van der Waals surface area contributed by atoms with Gasteiger partial charge < -0.3 is 9.32 Å². The van der Waals surface area contributed by atoms with Crippen molar-refractivity contribution in [3.05, 3.63) is 261 Å². The number of rotatable bonds is 7. The zero-order valence-corrected chi connectivity index (χ0v) is 38.2. The van der Waals surface area contributed by atoms with E-state index in [9.17, 15) is 0 Å². The molecule has 0 N–H and O–H groups in total. The van der Waals surface area contributed by atoms with Gasteiger partial charge in [-0.25, -0.2) is 0 Å². The molecule has 13 aromatic carbocycles. The lowest BCUT2D eigenvalue weighted by molar-refractivity contribution is 0.673. The standard InChI is InChI=1S/C68H43NO/c1-2-14-45(15-3-1)57-39-35-51(55-23-12-24-59-54-20-8-5-17-47(54)32-40-60(55)59)43-65(57)69(52-36-30-44(31-37-52)49-34-38-56-50(42-49)29-28-46-16-4-7-19-53(46)56)64-26-11-10-22-61(64)62-25-13-27-66-67(62)63-41-33-48-18-6-9-21-58(48)68(63)70-66/h1-43H. The molecule has 0 aliphatic rings. The number of para-hydroxylation sites is 1. The highest BCUT2D eigenvalue weighted by atomic mass is 16.3. The summed E-state index contributed by atoms with van der Waals surface area (Å²) in [7, 11) is 0. The van der Waals surface area contributed by atoms with Crippen molar-refractivity contribution in [3.8, 4) is 44.5 Å². The van der Waals surface area contributed by atoms with Crippen molar-refractivity contribution >= 4 is 92.9 Å². The van der Waals surface area contributed by atoms with Gasteiger partial charge in [-0.05, 0) is 124 Å². The highest BCUT2D eigenvalue weighted by Gasteiger charge is 2.24. The van der Waals surface area contributed by atoms with Crippen molar-refractivity contribution in [3.63, 3.8) is 0 Å². The van der Waals surface area contributed by atoms with Gasteiger partial charge >= 0.3 is 0 Å². The normalized spacial score (nSPS) is 11.7. The van der Waals surface area contributed by atoms with Gasteiger partial charge in [-0.1, -0.05) is 218 Å². The fourth-order valence-corrected chi connectivity index (χ4v) is 11.1. The third-order valence-electron chi connectivity index (χ3n) is 14.4. The maximum Gasteiger partial charge on any atom is 0.143 e. The minimum absolute atomic E-state index is 0.869. The van der Waals surface area contributed by atoms with Crippen LogP contribution in [0.4, 0.5) is 17.1 Å². The molecule has 70 heavy (non-hydrogen) atoms. The summed E-state index contributed by atoms with van der Waals surface area (Å²) >= 11 is 0. The molecule has 326 valence electrons. The first-order valence-corrected chi connectivity index (χ1v) is 24.1. The quantitative estimate of drug-likeness (QED) is 0.148. The van der Waals surface area contributed by atoms with Gasteiger partial charge in [0.1, 0.15) is 11.2 Å². The molecular weight excluding hydrogens is 847 g/mol. The van der Waals surface area contributed by atoms with E-state index < -0.39 is 0 Å². The maximum atomic E-state index is 6.79. The lowest BCUT2D eigenvalue weighted by Gasteiger charge is -2.31. The molecule has 0 saturated carbocycles. The van der Waals surface area contributed by atoms with E-state index >= 15 is 0 Å². The highest BCUT2D eigenvalue weighted by Crippen LogP contribution is 2.49. The van der Waals surface area contributed by atoms with Gasteiger partial charge in [0, 0.05) is 33.0 Å². The summed E-state index contributed by atoms with van der Waals surface area (Å²) in [4.78, 5) is 2.48. The molecule has 14 aromatic rings. The van der Waals surface area contributed by atoms with Crippen LogP contribution in [-0.2, 0) is 0 Å². The Labute approximate surface area is 405 Å². The smallest absolute Gasteiger partial charge is 0.143 e. The van der Waals surface area contributed by atoms with E-state index in [1.54, 1.807) is 0 Å². The summed E-state index contributed by atoms with van der Waals surface area (Å²) in [6, 6.07) is 95.2. The van der Waals surface area contributed by atoms with Crippen molar-refractivity contribution in [2.75, 3.05) is 4.90 Å². The predicted octanol–water partition coefficient (Wildman–Crippen LogP) is 19.5. The van der Waals surface area contributed by atoms with Crippen LogP contribution < -0.4 is 4.90 Å². The minimum atomic E-state index is 0.869. The molecule has 0 aliphatic heterocycles. The number of hydrogen-bond donors (Lipinski definition) is 0. The molecule has 2 nitrogen and oxygen atoms in total. The van der Waals surface area contributed by atoms with Gasteiger partial charge in [0.05, 0.1) is 11.4 Å². The molecule has 0 fully saturated rings. The summed E-state index contributed by atoms with van der Waals surface area (Å²) in [6.45, 7) is 0. The third kappa shape index (κ3) is 6.49. The van der Waals surface area contributed by atoms with Crippen LogP contribution in [-0.4, -0.2) is 0 Å². The SMILES string of the molecule is c1ccc(-c2ccc(-c3cccc4c3ccc3ccccc34)cc2N(c2ccc(-c3ccc4c(ccc5ccccc54)c3)cc2)c2ccccc2-c2cccc3oc4c5ccccc5ccc4c23)cc1. The first-order chi connectivity index (χ1) is 34.7. The zero-order valence-electron chi connectivity index (χ0n) is 38.2. The summed E-state index contributed by atoms with van der Waals surface area (Å²) in [6.07, 6.45) is 0. The van der Waals surface area contributed by atoms with E-state index in [0.717, 1.165) is 83.2 Å². The largest absolute Gasteiger partial charge is 0.455 e. The van der Waals surface area contributed by atoms with E-state index in [-0.39, 0.29) is 0 Å². The number of furan rings is 1. The van der Waals surface area contributed by atoms with Crippen molar-refractivity contribution in [1.29, 1.82) is 0 Å². The average molecular weight is 890 g/mol. The van der Waals surface area contributed by atoms with Crippen LogP contribution in [0.2, 0.25) is 0 Å². The van der Waals surface area contributed by atoms with Gasteiger partial charge in [0.15, 0.2) is 0 Å². The van der Waals surface area contributed by atoms with Crippen LogP contribution >= 0.6 is 0 Å². The number of hydrogen-bond acceptors (Lipinski definition) is 2. The Balaban J connectivity index is 1.01. The summed E-state index contributed by atoms with van der Waals surface area (Å²) in [5, 5.41) is 14.5. The molecule has 0 bridgehead atoms. The van der Waals surface area contributed by atoms with E-state index in [0.29, 0.717) is 0 Å². The Kier molecular flexibility index (Phi) is 9.25. The van der Waals surface area contributed by atoms with E-state index in [4.69, 9.17) is 4.42 Å². The third-order valence-corrected chi connectivity index (χ3v) is 14.4. The van der Waals surface area contributed by atoms with Crippen LogP contribution in [0.25, 0.3) is 120 Å². The maximum absolute atomic E-state index is 6.79. The number of nitrogens with zero attached hydrogens (tertiary/aromatic N) is 1. The Morgan fingerprint density at radius 2 is 0.814 bits per heavy atom. The van der Waals surface area contributed by atoms with Crippen LogP contribution in [0.1, 0.15) is 0 Å². The Bertz CT molecular complexity index is 4350. The fourth-order valence-electron chi connectivity index (χ4n) is 11.1. The van der Waals surface area contributed by atoms with Crippen molar-refractivity contribution in [2.24, 2.45) is 0 Å². The van der Waals surface area contributed by atoms with E-state index in [1.807, 2.05) is 0 Å².